The van der Waals surface area contributed by atoms with Crippen LogP contribution in [0.4, 0.5) is 5.82 Å². The topological polar surface area (TPSA) is 77.7 Å². The maximum atomic E-state index is 11.1. The molecule has 0 bridgehead atoms. The number of ether oxygens (including phenoxy) is 2. The molecule has 140 valence electrons. The lowest BCUT2D eigenvalue weighted by atomic mass is 9.93. The number of rotatable bonds is 6. The summed E-state index contributed by atoms with van der Waals surface area (Å²) in [6.07, 6.45) is 3.55. The molecular weight excluding hydrogens is 330 g/mol. The van der Waals surface area contributed by atoms with Crippen molar-refractivity contribution in [3.63, 3.8) is 0 Å². The van der Waals surface area contributed by atoms with Gasteiger partial charge in [-0.1, -0.05) is 0 Å². The molecule has 0 aliphatic carbocycles. The van der Waals surface area contributed by atoms with E-state index in [2.05, 4.69) is 17.9 Å². The number of fused-ring (bicyclic) bond motifs is 1. The molecule has 1 aromatic heterocycles. The number of benzene rings is 1. The summed E-state index contributed by atoms with van der Waals surface area (Å²) in [4.78, 5) is 18.3. The number of carbonyl (C=O) groups is 1. The molecule has 6 heteroatoms. The fourth-order valence-electron chi connectivity index (χ4n) is 3.72. The van der Waals surface area contributed by atoms with E-state index in [1.54, 1.807) is 14.2 Å². The number of hydrogen-bond acceptors (Lipinski definition) is 5. The number of primary amides is 1. The molecule has 0 unspecified atom stereocenters. The summed E-state index contributed by atoms with van der Waals surface area (Å²) in [5, 5.41) is 1.06. The molecule has 0 spiro atoms. The van der Waals surface area contributed by atoms with E-state index >= 15 is 0 Å². The Morgan fingerprint density at radius 1 is 1.27 bits per heavy atom. The SMILES string of the molecule is COc1cc2nc(N3CCC[C@@H](CCC(N)=O)C3)cc(C)c2cc1OC. The molecule has 0 saturated carbocycles. The van der Waals surface area contributed by atoms with Crippen LogP contribution in [0.5, 0.6) is 11.5 Å². The number of amides is 1. The van der Waals surface area contributed by atoms with Gasteiger partial charge in [-0.15, -0.1) is 0 Å². The van der Waals surface area contributed by atoms with Crippen LogP contribution in [0.2, 0.25) is 0 Å². The van der Waals surface area contributed by atoms with E-state index in [1.165, 1.54) is 0 Å². The van der Waals surface area contributed by atoms with Crippen molar-refractivity contribution in [1.82, 2.24) is 4.98 Å². The van der Waals surface area contributed by atoms with Gasteiger partial charge in [0.2, 0.25) is 5.91 Å². The van der Waals surface area contributed by atoms with Crippen LogP contribution in [0, 0.1) is 12.8 Å². The van der Waals surface area contributed by atoms with Gasteiger partial charge in [-0.05, 0) is 49.8 Å². The van der Waals surface area contributed by atoms with Crippen molar-refractivity contribution in [2.45, 2.75) is 32.6 Å². The molecule has 1 amide bonds. The minimum absolute atomic E-state index is 0.220. The van der Waals surface area contributed by atoms with Crippen molar-refractivity contribution in [2.24, 2.45) is 11.7 Å². The average Bonchev–Trinajstić information content (AvgIpc) is 2.65. The van der Waals surface area contributed by atoms with Crippen molar-refractivity contribution in [2.75, 3.05) is 32.2 Å². The molecule has 2 heterocycles. The Morgan fingerprint density at radius 2 is 2.00 bits per heavy atom. The molecule has 1 atom stereocenters. The van der Waals surface area contributed by atoms with Gasteiger partial charge in [0.15, 0.2) is 11.5 Å². The van der Waals surface area contributed by atoms with Gasteiger partial charge in [-0.2, -0.15) is 0 Å². The quantitative estimate of drug-likeness (QED) is 0.860. The second-order valence-electron chi connectivity index (χ2n) is 6.98. The number of aryl methyl sites for hydroxylation is 1. The van der Waals surface area contributed by atoms with Crippen molar-refractivity contribution >= 4 is 22.6 Å². The standard InChI is InChI=1S/C20H27N3O3/c1-13-9-20(23-8-4-5-14(12-23)6-7-19(21)24)22-16-11-18(26-3)17(25-2)10-15(13)16/h9-11,14H,4-8,12H2,1-3H3,(H2,21,24)/t14-/m0/s1. The van der Waals surface area contributed by atoms with Crippen LogP contribution in [0.25, 0.3) is 10.9 Å². The van der Waals surface area contributed by atoms with Crippen molar-refractivity contribution in [3.05, 3.63) is 23.8 Å². The van der Waals surface area contributed by atoms with Crippen molar-refractivity contribution < 1.29 is 14.3 Å². The molecule has 26 heavy (non-hydrogen) atoms. The Kier molecular flexibility index (Phi) is 5.49. The van der Waals surface area contributed by atoms with E-state index in [0.717, 1.165) is 54.6 Å². The van der Waals surface area contributed by atoms with Gasteiger partial charge < -0.3 is 20.1 Å². The largest absolute Gasteiger partial charge is 0.493 e. The Labute approximate surface area is 154 Å². The van der Waals surface area contributed by atoms with Gasteiger partial charge in [0, 0.05) is 31.0 Å². The van der Waals surface area contributed by atoms with Crippen LogP contribution in [0.15, 0.2) is 18.2 Å². The van der Waals surface area contributed by atoms with Gasteiger partial charge in [-0.3, -0.25) is 4.79 Å². The van der Waals surface area contributed by atoms with Gasteiger partial charge in [-0.25, -0.2) is 4.98 Å². The zero-order chi connectivity index (χ0) is 18.7. The molecule has 6 nitrogen and oxygen atoms in total. The van der Waals surface area contributed by atoms with Crippen LogP contribution < -0.4 is 20.1 Å². The number of methoxy groups -OCH3 is 2. The Morgan fingerprint density at radius 3 is 2.69 bits per heavy atom. The van der Waals surface area contributed by atoms with Gasteiger partial charge in [0.05, 0.1) is 19.7 Å². The molecule has 1 fully saturated rings. The molecular formula is C20H27N3O3. The molecule has 2 aromatic rings. The molecule has 3 rings (SSSR count). The number of nitrogens with two attached hydrogens (primary N) is 1. The summed E-state index contributed by atoms with van der Waals surface area (Å²) in [7, 11) is 3.27. The van der Waals surface area contributed by atoms with Crippen LogP contribution >= 0.6 is 0 Å². The van der Waals surface area contributed by atoms with E-state index in [-0.39, 0.29) is 5.91 Å². The van der Waals surface area contributed by atoms with E-state index in [4.69, 9.17) is 20.2 Å². The van der Waals surface area contributed by atoms with E-state index in [0.29, 0.717) is 23.8 Å². The number of pyridine rings is 1. The predicted octanol–water partition coefficient (Wildman–Crippen LogP) is 3.04. The highest BCUT2D eigenvalue weighted by Gasteiger charge is 2.22. The summed E-state index contributed by atoms with van der Waals surface area (Å²) in [6, 6.07) is 6.04. The predicted molar refractivity (Wildman–Crippen MR) is 103 cm³/mol. The summed E-state index contributed by atoms with van der Waals surface area (Å²) >= 11 is 0. The van der Waals surface area contributed by atoms with E-state index in [1.807, 2.05) is 12.1 Å². The summed E-state index contributed by atoms with van der Waals surface area (Å²) in [6.45, 7) is 3.99. The number of hydrogen-bond donors (Lipinski definition) is 1. The van der Waals surface area contributed by atoms with E-state index in [9.17, 15) is 4.79 Å². The first-order valence-electron chi connectivity index (χ1n) is 9.08. The molecule has 1 saturated heterocycles. The maximum absolute atomic E-state index is 11.1. The number of carbonyl (C=O) groups excluding carboxylic acids is 1. The molecule has 1 aromatic carbocycles. The monoisotopic (exact) mass is 357 g/mol. The molecule has 1 aliphatic heterocycles. The first-order chi connectivity index (χ1) is 12.5. The Balaban J connectivity index is 1.89. The zero-order valence-corrected chi connectivity index (χ0v) is 15.7. The first-order valence-corrected chi connectivity index (χ1v) is 9.08. The minimum Gasteiger partial charge on any atom is -0.493 e. The van der Waals surface area contributed by atoms with Crippen LogP contribution in [0.3, 0.4) is 0 Å². The smallest absolute Gasteiger partial charge is 0.217 e. The normalized spacial score (nSPS) is 17.3. The first kappa shape index (κ1) is 18.3. The number of piperidine rings is 1. The summed E-state index contributed by atoms with van der Waals surface area (Å²) < 4.78 is 10.8. The van der Waals surface area contributed by atoms with Crippen LogP contribution in [0.1, 0.15) is 31.2 Å². The highest BCUT2D eigenvalue weighted by Crippen LogP contribution is 2.35. The lowest BCUT2D eigenvalue weighted by Gasteiger charge is -2.34. The lowest BCUT2D eigenvalue weighted by Crippen LogP contribution is -2.36. The second-order valence-corrected chi connectivity index (χ2v) is 6.98. The summed E-state index contributed by atoms with van der Waals surface area (Å²) in [5.74, 6) is 2.64. The fourth-order valence-corrected chi connectivity index (χ4v) is 3.72. The van der Waals surface area contributed by atoms with Gasteiger partial charge in [0.1, 0.15) is 5.82 Å². The molecule has 2 N–H and O–H groups in total. The minimum atomic E-state index is -0.220. The highest BCUT2D eigenvalue weighted by molar-refractivity contribution is 5.87. The third-order valence-electron chi connectivity index (χ3n) is 5.15. The third-order valence-corrected chi connectivity index (χ3v) is 5.15. The van der Waals surface area contributed by atoms with Crippen LogP contribution in [-0.2, 0) is 4.79 Å². The van der Waals surface area contributed by atoms with Crippen LogP contribution in [-0.4, -0.2) is 38.2 Å². The van der Waals surface area contributed by atoms with Gasteiger partial charge in [0.25, 0.3) is 0 Å². The zero-order valence-electron chi connectivity index (χ0n) is 15.7. The molecule has 0 radical (unpaired) electrons. The Bertz CT molecular complexity index is 806. The second kappa shape index (κ2) is 7.81. The van der Waals surface area contributed by atoms with Crippen molar-refractivity contribution in [1.29, 1.82) is 0 Å². The van der Waals surface area contributed by atoms with Gasteiger partial charge >= 0.3 is 0 Å². The number of anilines is 1. The Hall–Kier alpha value is -2.50. The number of aromatic nitrogens is 1. The van der Waals surface area contributed by atoms with E-state index < -0.39 is 0 Å². The third kappa shape index (κ3) is 3.84. The fraction of sp³-hybridized carbons (Fsp3) is 0.500. The molecule has 1 aliphatic rings. The number of nitrogens with zero attached hydrogens (tertiary/aromatic N) is 2. The maximum Gasteiger partial charge on any atom is 0.217 e. The average molecular weight is 357 g/mol. The van der Waals surface area contributed by atoms with Crippen molar-refractivity contribution in [3.8, 4) is 11.5 Å². The highest BCUT2D eigenvalue weighted by atomic mass is 16.5. The lowest BCUT2D eigenvalue weighted by molar-refractivity contribution is -0.118. The summed E-state index contributed by atoms with van der Waals surface area (Å²) in [5.41, 5.74) is 7.36.